The molecule has 2 heterocycles. The van der Waals surface area contributed by atoms with Crippen LogP contribution in [0.5, 0.6) is 0 Å². The summed E-state index contributed by atoms with van der Waals surface area (Å²) < 4.78 is 1.24. The zero-order valence-corrected chi connectivity index (χ0v) is 17.2. The van der Waals surface area contributed by atoms with E-state index in [1.165, 1.54) is 10.6 Å². The van der Waals surface area contributed by atoms with E-state index in [0.717, 1.165) is 0 Å². The number of hydrogen-bond acceptors (Lipinski definition) is 4. The van der Waals surface area contributed by atoms with Crippen LogP contribution in [0.2, 0.25) is 20.1 Å². The number of fused-ring (bicyclic) bond motifs is 1. The minimum atomic E-state index is -0.832. The van der Waals surface area contributed by atoms with E-state index in [0.29, 0.717) is 21.3 Å². The zero-order valence-electron chi connectivity index (χ0n) is 14.2. The molecule has 0 saturated heterocycles. The van der Waals surface area contributed by atoms with Crippen LogP contribution >= 0.6 is 46.4 Å². The van der Waals surface area contributed by atoms with Gasteiger partial charge >= 0.3 is 5.69 Å². The highest BCUT2D eigenvalue weighted by atomic mass is 35.5. The number of aromatic nitrogens is 4. The molecule has 7 nitrogen and oxygen atoms in total. The maximum absolute atomic E-state index is 12.6. The number of hydrogen-bond donors (Lipinski definition) is 2. The minimum absolute atomic E-state index is 0.0948. The molecule has 29 heavy (non-hydrogen) atoms. The van der Waals surface area contributed by atoms with Crippen LogP contribution in [0.25, 0.3) is 28.2 Å². The highest BCUT2D eigenvalue weighted by Gasteiger charge is 2.20. The van der Waals surface area contributed by atoms with E-state index in [2.05, 4.69) is 15.0 Å². The molecule has 11 heteroatoms. The van der Waals surface area contributed by atoms with Gasteiger partial charge in [0.1, 0.15) is 5.52 Å². The fourth-order valence-electron chi connectivity index (χ4n) is 2.79. The first-order valence-corrected chi connectivity index (χ1v) is 9.51. The molecule has 0 saturated carbocycles. The van der Waals surface area contributed by atoms with Crippen LogP contribution in [0.1, 0.15) is 10.5 Å². The lowest BCUT2D eigenvalue weighted by Crippen LogP contribution is -2.15. The number of H-pyrrole nitrogens is 1. The van der Waals surface area contributed by atoms with Crippen molar-refractivity contribution in [3.05, 3.63) is 72.7 Å². The van der Waals surface area contributed by atoms with Crippen LogP contribution in [0.3, 0.4) is 0 Å². The maximum atomic E-state index is 12.6. The highest BCUT2D eigenvalue weighted by molar-refractivity contribution is 6.42. The summed E-state index contributed by atoms with van der Waals surface area (Å²) in [6, 6.07) is 9.39. The van der Waals surface area contributed by atoms with Crippen LogP contribution in [0, 0.1) is 0 Å². The third-order valence-corrected chi connectivity index (χ3v) is 5.59. The Balaban J connectivity index is 2.05. The molecule has 0 fully saturated rings. The van der Waals surface area contributed by atoms with Gasteiger partial charge in [-0.1, -0.05) is 46.4 Å². The van der Waals surface area contributed by atoms with Crippen LogP contribution in [0.15, 0.2) is 41.2 Å². The summed E-state index contributed by atoms with van der Waals surface area (Å²) in [7, 11) is 0. The smallest absolute Gasteiger partial charge is 0.332 e. The number of carbonyl (C=O) groups is 1. The number of nitrogens with one attached hydrogen (secondary N) is 1. The molecule has 3 N–H and O–H groups in total. The summed E-state index contributed by atoms with van der Waals surface area (Å²) in [6.07, 6.45) is 0. The number of primary amides is 1. The number of aromatic amines is 1. The first-order valence-electron chi connectivity index (χ1n) is 7.99. The lowest BCUT2D eigenvalue weighted by molar-refractivity contribution is 0.0997. The topological polar surface area (TPSA) is 107 Å². The lowest BCUT2D eigenvalue weighted by Gasteiger charge is -2.08. The van der Waals surface area contributed by atoms with Crippen LogP contribution in [-0.2, 0) is 0 Å². The Hall–Kier alpha value is -2.58. The lowest BCUT2D eigenvalue weighted by atomic mass is 10.2. The molecule has 0 spiro atoms. The molecule has 2 aromatic carbocycles. The Morgan fingerprint density at radius 1 is 0.931 bits per heavy atom. The quantitative estimate of drug-likeness (QED) is 0.461. The molecular weight excluding hydrogens is 460 g/mol. The van der Waals surface area contributed by atoms with Crippen molar-refractivity contribution in [1.82, 2.24) is 19.5 Å². The van der Waals surface area contributed by atoms with Gasteiger partial charge in [-0.2, -0.15) is 0 Å². The Morgan fingerprint density at radius 2 is 1.59 bits per heavy atom. The van der Waals surface area contributed by atoms with E-state index in [1.807, 2.05) is 0 Å². The summed E-state index contributed by atoms with van der Waals surface area (Å²) in [5, 5.41) is 1.21. The monoisotopic (exact) mass is 467 g/mol. The Morgan fingerprint density at radius 3 is 2.21 bits per heavy atom. The predicted molar refractivity (Wildman–Crippen MR) is 113 cm³/mol. The number of carbonyl (C=O) groups excluding carboxylic acids is 1. The van der Waals surface area contributed by atoms with E-state index in [1.54, 1.807) is 30.3 Å². The second-order valence-corrected chi connectivity index (χ2v) is 7.58. The molecule has 4 rings (SSSR count). The predicted octanol–water partition coefficient (Wildman–Crippen LogP) is 4.49. The first kappa shape index (κ1) is 19.7. The largest absolute Gasteiger partial charge is 0.364 e. The second kappa shape index (κ2) is 7.35. The number of imidazole rings is 1. The molecule has 0 atom stereocenters. The van der Waals surface area contributed by atoms with Gasteiger partial charge in [-0.05, 0) is 36.4 Å². The number of halogens is 4. The van der Waals surface area contributed by atoms with Crippen molar-refractivity contribution in [3.8, 4) is 17.1 Å². The van der Waals surface area contributed by atoms with Crippen molar-refractivity contribution in [1.29, 1.82) is 0 Å². The van der Waals surface area contributed by atoms with Crippen LogP contribution in [-0.4, -0.2) is 25.4 Å². The van der Waals surface area contributed by atoms with Crippen LogP contribution < -0.4 is 11.4 Å². The molecular formula is C18H9Cl4N5O2. The summed E-state index contributed by atoms with van der Waals surface area (Å²) in [5.41, 5.74) is 5.89. The van der Waals surface area contributed by atoms with Crippen molar-refractivity contribution in [3.63, 3.8) is 0 Å². The SMILES string of the molecule is NC(=O)c1nc(-c2ccc(Cl)c(Cl)c2)nc2c1[nH]c(=O)n2-c1ccc(Cl)c(Cl)c1. The molecule has 2 aromatic heterocycles. The Labute approximate surface area is 183 Å². The molecule has 4 aromatic rings. The number of nitrogens with two attached hydrogens (primary N) is 1. The third-order valence-electron chi connectivity index (χ3n) is 4.11. The van der Waals surface area contributed by atoms with Gasteiger partial charge in [0.05, 0.1) is 25.8 Å². The molecule has 146 valence electrons. The first-order chi connectivity index (χ1) is 13.8. The van der Waals surface area contributed by atoms with Crippen molar-refractivity contribution >= 4 is 63.5 Å². The molecule has 1 amide bonds. The minimum Gasteiger partial charge on any atom is -0.364 e. The van der Waals surface area contributed by atoms with Gasteiger partial charge in [-0.25, -0.2) is 19.3 Å². The summed E-state index contributed by atoms with van der Waals surface area (Å²) in [5.74, 6) is -0.695. The molecule has 0 aliphatic carbocycles. The summed E-state index contributed by atoms with van der Waals surface area (Å²) >= 11 is 24.1. The van der Waals surface area contributed by atoms with E-state index in [4.69, 9.17) is 52.1 Å². The van der Waals surface area contributed by atoms with E-state index in [-0.39, 0.29) is 32.7 Å². The summed E-state index contributed by atoms with van der Waals surface area (Å²) in [6.45, 7) is 0. The fourth-order valence-corrected chi connectivity index (χ4v) is 3.38. The molecule has 0 unspecified atom stereocenters. The van der Waals surface area contributed by atoms with Crippen LogP contribution in [0.4, 0.5) is 0 Å². The van der Waals surface area contributed by atoms with E-state index >= 15 is 0 Å². The van der Waals surface area contributed by atoms with Gasteiger partial charge in [-0.3, -0.25) is 4.79 Å². The number of rotatable bonds is 3. The van der Waals surface area contributed by atoms with Gasteiger partial charge in [0, 0.05) is 5.56 Å². The Kier molecular flexibility index (Phi) is 5.00. The normalized spacial score (nSPS) is 11.2. The Bertz CT molecular complexity index is 1360. The number of benzene rings is 2. The van der Waals surface area contributed by atoms with Crippen molar-refractivity contribution in [2.45, 2.75) is 0 Å². The van der Waals surface area contributed by atoms with Crippen molar-refractivity contribution in [2.24, 2.45) is 5.73 Å². The van der Waals surface area contributed by atoms with Crippen molar-refractivity contribution < 1.29 is 4.79 Å². The van der Waals surface area contributed by atoms with Crippen molar-refractivity contribution in [2.75, 3.05) is 0 Å². The average molecular weight is 469 g/mol. The summed E-state index contributed by atoms with van der Waals surface area (Å²) in [4.78, 5) is 35.8. The third kappa shape index (κ3) is 3.47. The van der Waals surface area contributed by atoms with Gasteiger partial charge in [0.2, 0.25) is 0 Å². The van der Waals surface area contributed by atoms with Gasteiger partial charge in [-0.15, -0.1) is 0 Å². The number of nitrogens with zero attached hydrogens (tertiary/aromatic N) is 3. The number of amides is 1. The fraction of sp³-hybridized carbons (Fsp3) is 0. The average Bonchev–Trinajstić information content (AvgIpc) is 3.01. The zero-order chi connectivity index (χ0) is 20.9. The molecule has 0 aliphatic heterocycles. The van der Waals surface area contributed by atoms with E-state index in [9.17, 15) is 9.59 Å². The maximum Gasteiger partial charge on any atom is 0.332 e. The molecule has 0 radical (unpaired) electrons. The highest BCUT2D eigenvalue weighted by Crippen LogP contribution is 2.29. The van der Waals surface area contributed by atoms with Gasteiger partial charge in [0.25, 0.3) is 5.91 Å². The molecule has 0 aliphatic rings. The van der Waals surface area contributed by atoms with Gasteiger partial charge < -0.3 is 10.7 Å². The standard InChI is InChI=1S/C18H9Cl4N5O2/c19-9-3-1-7(5-11(9)21)16-24-13(15(23)28)14-17(26-16)27(18(29)25-14)8-2-4-10(20)12(22)6-8/h1-6H,(H2,23,28)(H,25,29). The van der Waals surface area contributed by atoms with E-state index < -0.39 is 11.6 Å². The second-order valence-electron chi connectivity index (χ2n) is 5.95. The van der Waals surface area contributed by atoms with Gasteiger partial charge in [0.15, 0.2) is 17.2 Å². The molecule has 0 bridgehead atoms.